The highest BCUT2D eigenvalue weighted by Gasteiger charge is 2.70. The van der Waals surface area contributed by atoms with Crippen LogP contribution in [0.15, 0.2) is 67.4 Å². The fourth-order valence-corrected chi connectivity index (χ4v) is 5.24. The molecular weight excluding hydrogens is 523 g/mol. The Morgan fingerprint density at radius 3 is 2.42 bits per heavy atom. The number of fused-ring (bicyclic) bond motifs is 1. The topological polar surface area (TPSA) is 124 Å². The number of hydrogen-bond donors (Lipinski definition) is 2. The minimum absolute atomic E-state index is 0.0732. The van der Waals surface area contributed by atoms with Crippen molar-refractivity contribution in [2.24, 2.45) is 11.5 Å². The Kier molecular flexibility index (Phi) is 6.44. The number of nitrogens with two attached hydrogens (primary N) is 2. The van der Waals surface area contributed by atoms with Gasteiger partial charge in [0.15, 0.2) is 0 Å². The molecule has 3 aromatic heterocycles. The van der Waals surface area contributed by atoms with Gasteiger partial charge in [-0.25, -0.2) is 24.5 Å². The summed E-state index contributed by atoms with van der Waals surface area (Å²) in [5, 5.41) is 4.12. The van der Waals surface area contributed by atoms with Crippen molar-refractivity contribution in [3.8, 4) is 22.8 Å². The average molecular weight is 552 g/mol. The highest BCUT2D eigenvalue weighted by molar-refractivity contribution is 5.65. The first-order valence-electron chi connectivity index (χ1n) is 12.9. The third kappa shape index (κ3) is 4.45. The van der Waals surface area contributed by atoms with Gasteiger partial charge in [0.05, 0.1) is 29.4 Å². The number of nitrogens with zero attached hydrogens (tertiary/aromatic N) is 7. The van der Waals surface area contributed by atoms with Crippen LogP contribution >= 0.6 is 0 Å². The Morgan fingerprint density at radius 1 is 1.05 bits per heavy atom. The Balaban J connectivity index is 1.38. The van der Waals surface area contributed by atoms with Crippen LogP contribution in [0.25, 0.3) is 16.9 Å². The quantitative estimate of drug-likeness (QED) is 0.353. The van der Waals surface area contributed by atoms with E-state index in [2.05, 4.69) is 15.1 Å². The van der Waals surface area contributed by atoms with Crippen molar-refractivity contribution in [2.45, 2.75) is 50.5 Å². The summed E-state index contributed by atoms with van der Waals surface area (Å²) in [5.41, 5.74) is 14.8. The van der Waals surface area contributed by atoms with Gasteiger partial charge in [-0.05, 0) is 55.7 Å². The largest absolute Gasteiger partial charge is 0.478 e. The number of anilines is 1. The third-order valence-corrected chi connectivity index (χ3v) is 7.44. The molecule has 0 spiro atoms. The van der Waals surface area contributed by atoms with E-state index < -0.39 is 24.2 Å². The van der Waals surface area contributed by atoms with Crippen LogP contribution in [0.2, 0.25) is 0 Å². The van der Waals surface area contributed by atoms with E-state index in [1.807, 2.05) is 37.3 Å². The maximum atomic E-state index is 14.4. The monoisotopic (exact) mass is 551 g/mol. The Labute approximate surface area is 228 Å². The molecule has 4 N–H and O–H groups in total. The van der Waals surface area contributed by atoms with Crippen LogP contribution in [-0.4, -0.2) is 54.2 Å². The van der Waals surface area contributed by atoms with E-state index in [0.717, 1.165) is 11.3 Å². The van der Waals surface area contributed by atoms with Crippen molar-refractivity contribution in [3.05, 3.63) is 78.6 Å². The third-order valence-electron chi connectivity index (χ3n) is 7.44. The number of pyridine rings is 2. The zero-order chi connectivity index (χ0) is 28.1. The summed E-state index contributed by atoms with van der Waals surface area (Å²) in [6, 6.07) is 14.6. The molecule has 1 saturated carbocycles. The van der Waals surface area contributed by atoms with E-state index in [4.69, 9.17) is 21.2 Å². The minimum Gasteiger partial charge on any atom is -0.478 e. The Morgan fingerprint density at radius 2 is 1.82 bits per heavy atom. The summed E-state index contributed by atoms with van der Waals surface area (Å²) < 4.78 is 50.1. The van der Waals surface area contributed by atoms with Crippen LogP contribution in [0.3, 0.4) is 0 Å². The van der Waals surface area contributed by atoms with Gasteiger partial charge >= 0.3 is 6.18 Å². The fraction of sp³-hybridized carbons (Fsp3) is 0.333. The number of aromatic nitrogens is 5. The smallest absolute Gasteiger partial charge is 0.406 e. The van der Waals surface area contributed by atoms with E-state index in [1.54, 1.807) is 40.3 Å². The lowest BCUT2D eigenvalue weighted by Gasteiger charge is -2.50. The first-order valence-corrected chi connectivity index (χ1v) is 12.9. The summed E-state index contributed by atoms with van der Waals surface area (Å²) >= 11 is 0. The zero-order valence-electron chi connectivity index (χ0n) is 21.7. The molecule has 0 amide bonds. The molecule has 1 aromatic carbocycles. The Hall–Kier alpha value is -4.07. The SMILES string of the molecule is CCOc1ccc(-c2ccc3c(n2)C(N)N(C2(C(F)(F)F)CC2)C(N)N3Cc2ccc(-n3cncn3)cc2)cn1. The molecule has 0 bridgehead atoms. The van der Waals surface area contributed by atoms with E-state index in [1.165, 1.54) is 11.2 Å². The lowest BCUT2D eigenvalue weighted by atomic mass is 10.0. The number of hydrogen-bond acceptors (Lipinski definition) is 9. The number of rotatable bonds is 7. The summed E-state index contributed by atoms with van der Waals surface area (Å²) in [4.78, 5) is 15.9. The molecule has 4 aromatic rings. The van der Waals surface area contributed by atoms with Crippen molar-refractivity contribution >= 4 is 5.69 Å². The van der Waals surface area contributed by atoms with Crippen LogP contribution in [0.4, 0.5) is 18.9 Å². The molecule has 208 valence electrons. The average Bonchev–Trinajstić information content (AvgIpc) is 3.57. The van der Waals surface area contributed by atoms with Gasteiger partial charge in [0, 0.05) is 24.4 Å². The molecule has 2 unspecified atom stereocenters. The van der Waals surface area contributed by atoms with Crippen molar-refractivity contribution < 1.29 is 17.9 Å². The van der Waals surface area contributed by atoms with E-state index >= 15 is 0 Å². The fourth-order valence-electron chi connectivity index (χ4n) is 5.24. The summed E-state index contributed by atoms with van der Waals surface area (Å²) in [7, 11) is 0. The molecule has 1 aliphatic carbocycles. The van der Waals surface area contributed by atoms with Gasteiger partial charge in [0.1, 0.15) is 30.6 Å². The van der Waals surface area contributed by atoms with Gasteiger partial charge < -0.3 is 15.4 Å². The van der Waals surface area contributed by atoms with Gasteiger partial charge in [-0.2, -0.15) is 18.3 Å². The van der Waals surface area contributed by atoms with Crippen molar-refractivity contribution in [1.29, 1.82) is 0 Å². The summed E-state index contributed by atoms with van der Waals surface area (Å²) in [6.07, 6.45) is -2.29. The van der Waals surface area contributed by atoms with Gasteiger partial charge in [-0.1, -0.05) is 12.1 Å². The number of alkyl halides is 3. The lowest BCUT2D eigenvalue weighted by molar-refractivity contribution is -0.211. The molecule has 6 rings (SSSR count). The molecule has 10 nitrogen and oxygen atoms in total. The predicted molar refractivity (Wildman–Crippen MR) is 141 cm³/mol. The van der Waals surface area contributed by atoms with Gasteiger partial charge in [-0.3, -0.25) is 5.73 Å². The second-order valence-electron chi connectivity index (χ2n) is 9.85. The van der Waals surface area contributed by atoms with E-state index in [9.17, 15) is 13.2 Å². The molecule has 1 fully saturated rings. The van der Waals surface area contributed by atoms with Crippen molar-refractivity contribution in [1.82, 2.24) is 29.6 Å². The van der Waals surface area contributed by atoms with Gasteiger partial charge in [0.25, 0.3) is 0 Å². The first-order chi connectivity index (χ1) is 19.2. The van der Waals surface area contributed by atoms with Crippen molar-refractivity contribution in [3.63, 3.8) is 0 Å². The molecule has 2 atom stereocenters. The molecule has 0 radical (unpaired) electrons. The van der Waals surface area contributed by atoms with Crippen molar-refractivity contribution in [2.75, 3.05) is 11.5 Å². The maximum Gasteiger partial charge on any atom is 0.406 e. The van der Waals surface area contributed by atoms with E-state index in [-0.39, 0.29) is 19.4 Å². The first kappa shape index (κ1) is 26.2. The minimum atomic E-state index is -4.50. The molecule has 4 heterocycles. The molecular formula is C27H28F3N9O. The molecule has 2 aliphatic rings. The second kappa shape index (κ2) is 9.84. The number of ether oxygens (including phenoxy) is 1. The maximum absolute atomic E-state index is 14.4. The van der Waals surface area contributed by atoms with Gasteiger partial charge in [-0.15, -0.1) is 0 Å². The summed E-state index contributed by atoms with van der Waals surface area (Å²) in [6.45, 7) is 2.59. The molecule has 13 heteroatoms. The van der Waals surface area contributed by atoms with Crippen LogP contribution in [0.5, 0.6) is 5.88 Å². The van der Waals surface area contributed by atoms with Crippen LogP contribution in [0.1, 0.15) is 37.2 Å². The van der Waals surface area contributed by atoms with Gasteiger partial charge in [0.2, 0.25) is 5.88 Å². The molecule has 1 aliphatic heterocycles. The molecule has 40 heavy (non-hydrogen) atoms. The van der Waals surface area contributed by atoms with E-state index in [0.29, 0.717) is 35.1 Å². The summed E-state index contributed by atoms with van der Waals surface area (Å²) in [5.74, 6) is 0.472. The molecule has 0 saturated heterocycles. The Bertz CT molecular complexity index is 1470. The van der Waals surface area contributed by atoms with Crippen LogP contribution in [-0.2, 0) is 6.54 Å². The lowest BCUT2D eigenvalue weighted by Crippen LogP contribution is -2.67. The van der Waals surface area contributed by atoms with Crippen LogP contribution < -0.4 is 21.1 Å². The number of benzene rings is 1. The zero-order valence-corrected chi connectivity index (χ0v) is 21.7. The van der Waals surface area contributed by atoms with Crippen LogP contribution in [0, 0.1) is 0 Å². The second-order valence-corrected chi connectivity index (χ2v) is 9.85. The highest BCUT2D eigenvalue weighted by Crippen LogP contribution is 2.57. The normalized spacial score (nSPS) is 20.3. The number of halogens is 3. The predicted octanol–water partition coefficient (Wildman–Crippen LogP) is 3.74. The highest BCUT2D eigenvalue weighted by atomic mass is 19.4. The standard InChI is InChI=1S/C27H28F3N9O/c1-2-40-22-10-5-18(13-34-22)20-8-9-21-23(36-20)24(31)39(26(11-12-26)27(28,29)30)25(32)37(21)14-17-3-6-19(7-4-17)38-16-33-15-35-38/h3-10,13,15-16,24-25H,2,11-12,14,31-32H2,1H3.